The van der Waals surface area contributed by atoms with Gasteiger partial charge in [0.1, 0.15) is 17.2 Å². The van der Waals surface area contributed by atoms with E-state index in [0.29, 0.717) is 28.3 Å². The number of aromatic nitrogens is 2. The maximum Gasteiger partial charge on any atom is 0.259 e. The van der Waals surface area contributed by atoms with Crippen LogP contribution in [0.25, 0.3) is 16.9 Å². The van der Waals surface area contributed by atoms with Gasteiger partial charge in [-0.25, -0.2) is 4.68 Å². The maximum absolute atomic E-state index is 13.6. The number of carbonyl (C=O) groups excluding carboxylic acids is 1. The lowest BCUT2D eigenvalue weighted by molar-refractivity contribution is 0.102. The lowest BCUT2D eigenvalue weighted by Gasteiger charge is -2.20. The van der Waals surface area contributed by atoms with Crippen molar-refractivity contribution >= 4 is 17.3 Å². The van der Waals surface area contributed by atoms with Crippen molar-refractivity contribution in [3.8, 4) is 28.4 Å². The zero-order valence-corrected chi connectivity index (χ0v) is 20.8. The third-order valence-corrected chi connectivity index (χ3v) is 6.54. The van der Waals surface area contributed by atoms with Crippen molar-refractivity contribution in [2.45, 2.75) is 19.8 Å². The molecule has 1 N–H and O–H groups in total. The van der Waals surface area contributed by atoms with Crippen molar-refractivity contribution in [2.24, 2.45) is 0 Å². The zero-order valence-electron chi connectivity index (χ0n) is 20.8. The van der Waals surface area contributed by atoms with Crippen LogP contribution in [0.15, 0.2) is 72.9 Å². The molecule has 1 saturated heterocycles. The highest BCUT2D eigenvalue weighted by Gasteiger charge is 2.23. The predicted octanol–water partition coefficient (Wildman–Crippen LogP) is 5.72. The molecule has 0 saturated carbocycles. The Morgan fingerprint density at radius 1 is 0.944 bits per heavy atom. The minimum atomic E-state index is -0.245. The van der Waals surface area contributed by atoms with E-state index in [9.17, 15) is 4.79 Å². The molecular formula is C29H30N4O3. The molecule has 1 amide bonds. The first kappa shape index (κ1) is 23.5. The molecule has 3 aromatic carbocycles. The number of ether oxygens (including phenoxy) is 2. The number of nitrogens with one attached hydrogen (secondary N) is 1. The fourth-order valence-electron chi connectivity index (χ4n) is 4.70. The SMILES string of the molecule is COc1ccc(OC)c(-c2nn(-c3ccccc3)cc2C(=O)Nc2ccc(N3CCCC3)c(C)c2)c1. The lowest BCUT2D eigenvalue weighted by atomic mass is 10.1. The number of methoxy groups -OCH3 is 2. The summed E-state index contributed by atoms with van der Waals surface area (Å²) in [7, 11) is 3.21. The number of rotatable bonds is 7. The first-order valence-corrected chi connectivity index (χ1v) is 12.1. The van der Waals surface area contributed by atoms with Crippen molar-refractivity contribution in [1.82, 2.24) is 9.78 Å². The second kappa shape index (κ2) is 10.2. The van der Waals surface area contributed by atoms with Crippen molar-refractivity contribution < 1.29 is 14.3 Å². The number of amides is 1. The van der Waals surface area contributed by atoms with Crippen LogP contribution in [-0.2, 0) is 0 Å². The normalized spacial score (nSPS) is 13.0. The molecular weight excluding hydrogens is 452 g/mol. The zero-order chi connectivity index (χ0) is 25.1. The Bertz CT molecular complexity index is 1370. The minimum Gasteiger partial charge on any atom is -0.497 e. The van der Waals surface area contributed by atoms with E-state index in [0.717, 1.165) is 30.0 Å². The van der Waals surface area contributed by atoms with Crippen molar-refractivity contribution in [3.63, 3.8) is 0 Å². The number of hydrogen-bond donors (Lipinski definition) is 1. The summed E-state index contributed by atoms with van der Waals surface area (Å²) in [6.07, 6.45) is 4.20. The van der Waals surface area contributed by atoms with Gasteiger partial charge in [0.2, 0.25) is 0 Å². The summed E-state index contributed by atoms with van der Waals surface area (Å²) in [6, 6.07) is 21.3. The van der Waals surface area contributed by atoms with E-state index in [-0.39, 0.29) is 5.91 Å². The molecule has 4 aromatic rings. The van der Waals surface area contributed by atoms with Crippen LogP contribution in [0.5, 0.6) is 11.5 Å². The van der Waals surface area contributed by atoms with Crippen LogP contribution in [0.4, 0.5) is 11.4 Å². The van der Waals surface area contributed by atoms with Gasteiger partial charge in [-0.3, -0.25) is 4.79 Å². The van der Waals surface area contributed by atoms with E-state index in [1.807, 2.05) is 60.7 Å². The molecule has 184 valence electrons. The molecule has 0 bridgehead atoms. The highest BCUT2D eigenvalue weighted by molar-refractivity contribution is 6.08. The summed E-state index contributed by atoms with van der Waals surface area (Å²) in [5, 5.41) is 7.87. The van der Waals surface area contributed by atoms with E-state index in [4.69, 9.17) is 14.6 Å². The standard InChI is InChI=1S/C29H30N4O3/c1-20-17-21(11-13-26(20)32-15-7-8-16-32)30-29(34)25-19-33(22-9-5-4-6-10-22)31-28(25)24-18-23(35-2)12-14-27(24)36-3/h4-6,9-14,17-19H,7-8,15-16H2,1-3H3,(H,30,34). The van der Waals surface area contributed by atoms with E-state index < -0.39 is 0 Å². The molecule has 0 spiro atoms. The number of anilines is 2. The minimum absolute atomic E-state index is 0.245. The van der Waals surface area contributed by atoms with E-state index in [1.54, 1.807) is 25.1 Å². The maximum atomic E-state index is 13.6. The summed E-state index contributed by atoms with van der Waals surface area (Å²) in [5.41, 5.74) is 5.59. The molecule has 7 nitrogen and oxygen atoms in total. The van der Waals surface area contributed by atoms with Gasteiger partial charge in [0.15, 0.2) is 0 Å². The van der Waals surface area contributed by atoms with Crippen LogP contribution in [0.3, 0.4) is 0 Å². The molecule has 0 radical (unpaired) electrons. The molecule has 1 fully saturated rings. The van der Waals surface area contributed by atoms with Crippen LogP contribution < -0.4 is 19.7 Å². The Hall–Kier alpha value is -4.26. The number of nitrogens with zero attached hydrogens (tertiary/aromatic N) is 3. The Labute approximate surface area is 211 Å². The van der Waals surface area contributed by atoms with Gasteiger partial charge in [0.25, 0.3) is 5.91 Å². The summed E-state index contributed by atoms with van der Waals surface area (Å²) < 4.78 is 12.8. The van der Waals surface area contributed by atoms with E-state index in [1.165, 1.54) is 18.5 Å². The van der Waals surface area contributed by atoms with Gasteiger partial charge < -0.3 is 19.7 Å². The molecule has 36 heavy (non-hydrogen) atoms. The second-order valence-corrected chi connectivity index (χ2v) is 8.89. The van der Waals surface area contributed by atoms with Crippen molar-refractivity contribution in [1.29, 1.82) is 0 Å². The van der Waals surface area contributed by atoms with Gasteiger partial charge >= 0.3 is 0 Å². The number of hydrogen-bond acceptors (Lipinski definition) is 5. The lowest BCUT2D eigenvalue weighted by Crippen LogP contribution is -2.19. The van der Waals surface area contributed by atoms with Crippen LogP contribution in [0.2, 0.25) is 0 Å². The Kier molecular flexibility index (Phi) is 6.62. The first-order chi connectivity index (χ1) is 17.6. The summed E-state index contributed by atoms with van der Waals surface area (Å²) in [4.78, 5) is 16.0. The molecule has 0 aliphatic carbocycles. The Morgan fingerprint density at radius 2 is 1.72 bits per heavy atom. The summed E-state index contributed by atoms with van der Waals surface area (Å²) in [6.45, 7) is 4.25. The molecule has 7 heteroatoms. The fourth-order valence-corrected chi connectivity index (χ4v) is 4.70. The number of carbonyl (C=O) groups is 1. The highest BCUT2D eigenvalue weighted by atomic mass is 16.5. The van der Waals surface area contributed by atoms with E-state index >= 15 is 0 Å². The van der Waals surface area contributed by atoms with Crippen LogP contribution in [-0.4, -0.2) is 43.0 Å². The molecule has 0 unspecified atom stereocenters. The van der Waals surface area contributed by atoms with Gasteiger partial charge in [-0.2, -0.15) is 5.10 Å². The molecule has 2 heterocycles. The van der Waals surface area contributed by atoms with Gasteiger partial charge in [-0.1, -0.05) is 18.2 Å². The summed E-state index contributed by atoms with van der Waals surface area (Å²) in [5.74, 6) is 1.01. The average molecular weight is 483 g/mol. The Morgan fingerprint density at radius 3 is 2.42 bits per heavy atom. The third kappa shape index (κ3) is 4.64. The number of benzene rings is 3. The van der Waals surface area contributed by atoms with Gasteiger partial charge in [0, 0.05) is 36.2 Å². The van der Waals surface area contributed by atoms with Gasteiger partial charge in [-0.15, -0.1) is 0 Å². The molecule has 1 aliphatic heterocycles. The molecule has 1 aromatic heterocycles. The number of para-hydroxylation sites is 1. The molecule has 0 atom stereocenters. The predicted molar refractivity (Wildman–Crippen MR) is 143 cm³/mol. The topological polar surface area (TPSA) is 68.6 Å². The van der Waals surface area contributed by atoms with Gasteiger partial charge in [-0.05, 0) is 73.9 Å². The third-order valence-electron chi connectivity index (χ3n) is 6.54. The monoisotopic (exact) mass is 482 g/mol. The van der Waals surface area contributed by atoms with Crippen molar-refractivity contribution in [2.75, 3.05) is 37.5 Å². The molecule has 1 aliphatic rings. The van der Waals surface area contributed by atoms with Crippen molar-refractivity contribution in [3.05, 3.63) is 84.1 Å². The highest BCUT2D eigenvalue weighted by Crippen LogP contribution is 2.35. The van der Waals surface area contributed by atoms with E-state index in [2.05, 4.69) is 23.2 Å². The first-order valence-electron chi connectivity index (χ1n) is 12.1. The fraction of sp³-hybridized carbons (Fsp3) is 0.241. The average Bonchev–Trinajstić information content (AvgIpc) is 3.60. The number of aryl methyl sites for hydroxylation is 1. The second-order valence-electron chi connectivity index (χ2n) is 8.89. The van der Waals surface area contributed by atoms with Crippen LogP contribution in [0, 0.1) is 6.92 Å². The molecule has 5 rings (SSSR count). The van der Waals surface area contributed by atoms with Gasteiger partial charge in [0.05, 0.1) is 25.5 Å². The Balaban J connectivity index is 1.53. The quantitative estimate of drug-likeness (QED) is 0.365. The van der Waals surface area contributed by atoms with Crippen LogP contribution in [0.1, 0.15) is 28.8 Å². The largest absolute Gasteiger partial charge is 0.497 e. The van der Waals surface area contributed by atoms with Crippen LogP contribution >= 0.6 is 0 Å². The summed E-state index contributed by atoms with van der Waals surface area (Å²) >= 11 is 0. The smallest absolute Gasteiger partial charge is 0.259 e.